The van der Waals surface area contributed by atoms with E-state index in [1.807, 2.05) is 25.6 Å². The second-order valence-electron chi connectivity index (χ2n) is 5.50. The van der Waals surface area contributed by atoms with E-state index in [4.69, 9.17) is 11.1 Å². The van der Waals surface area contributed by atoms with Crippen LogP contribution < -0.4 is 5.73 Å². The van der Waals surface area contributed by atoms with Crippen molar-refractivity contribution in [2.45, 2.75) is 45.4 Å². The summed E-state index contributed by atoms with van der Waals surface area (Å²) in [4.78, 5) is 1.33. The van der Waals surface area contributed by atoms with E-state index in [0.717, 1.165) is 18.6 Å². The number of aryl methyl sites for hydroxylation is 2. The molecule has 0 aliphatic heterocycles. The van der Waals surface area contributed by atoms with E-state index < -0.39 is 0 Å². The molecule has 1 aromatic carbocycles. The zero-order chi connectivity index (χ0) is 13.8. The summed E-state index contributed by atoms with van der Waals surface area (Å²) in [5.41, 5.74) is 8.11. The minimum atomic E-state index is -0.163. The Morgan fingerprint density at radius 3 is 2.50 bits per heavy atom. The van der Waals surface area contributed by atoms with Crippen molar-refractivity contribution in [2.75, 3.05) is 5.75 Å². The zero-order valence-corrected chi connectivity index (χ0v) is 12.7. The molecule has 0 atom stereocenters. The van der Waals surface area contributed by atoms with Gasteiger partial charge in [-0.15, -0.1) is 11.8 Å². The number of nitrogens with one attached hydrogen (secondary N) is 1. The summed E-state index contributed by atoms with van der Waals surface area (Å²) < 4.78 is 0. The molecule has 2 nitrogen and oxygen atoms in total. The van der Waals surface area contributed by atoms with Crippen LogP contribution in [0.15, 0.2) is 23.1 Å². The topological polar surface area (TPSA) is 49.9 Å². The van der Waals surface area contributed by atoms with E-state index in [1.54, 1.807) is 0 Å². The lowest BCUT2D eigenvalue weighted by molar-refractivity contribution is 0.464. The highest BCUT2D eigenvalue weighted by Crippen LogP contribution is 2.26. The standard InChI is InChI=1S/C15H24N2S/c1-11-6-7-13(10-12(11)2)18-9-5-8-15(3,4)14(16)17/h6-7,10H,5,8-9H2,1-4H3,(H3,16,17). The Balaban J connectivity index is 2.38. The smallest absolute Gasteiger partial charge is 0.0963 e. The average molecular weight is 264 g/mol. The number of thioether (sulfide) groups is 1. The Labute approximate surface area is 115 Å². The van der Waals surface area contributed by atoms with Gasteiger partial charge in [0.2, 0.25) is 0 Å². The van der Waals surface area contributed by atoms with Gasteiger partial charge in [-0.3, -0.25) is 5.41 Å². The predicted octanol–water partition coefficient (Wildman–Crippen LogP) is 4.14. The maximum Gasteiger partial charge on any atom is 0.0963 e. The van der Waals surface area contributed by atoms with E-state index >= 15 is 0 Å². The fourth-order valence-electron chi connectivity index (χ4n) is 1.64. The molecule has 0 saturated carbocycles. The summed E-state index contributed by atoms with van der Waals surface area (Å²) >= 11 is 1.88. The van der Waals surface area contributed by atoms with Crippen LogP contribution in [-0.4, -0.2) is 11.6 Å². The van der Waals surface area contributed by atoms with Crippen molar-refractivity contribution in [3.05, 3.63) is 29.3 Å². The van der Waals surface area contributed by atoms with Gasteiger partial charge in [0.15, 0.2) is 0 Å². The lowest BCUT2D eigenvalue weighted by Gasteiger charge is -2.22. The van der Waals surface area contributed by atoms with Gasteiger partial charge >= 0.3 is 0 Å². The van der Waals surface area contributed by atoms with Crippen molar-refractivity contribution in [1.82, 2.24) is 0 Å². The first kappa shape index (κ1) is 15.1. The number of hydrogen-bond donors (Lipinski definition) is 2. The molecule has 0 heterocycles. The third-order valence-corrected chi connectivity index (χ3v) is 4.50. The normalized spacial score (nSPS) is 11.6. The van der Waals surface area contributed by atoms with E-state index in [-0.39, 0.29) is 5.41 Å². The van der Waals surface area contributed by atoms with Crippen LogP contribution in [0.1, 0.15) is 37.8 Å². The van der Waals surface area contributed by atoms with Crippen molar-refractivity contribution in [1.29, 1.82) is 5.41 Å². The van der Waals surface area contributed by atoms with Crippen LogP contribution in [0.25, 0.3) is 0 Å². The zero-order valence-electron chi connectivity index (χ0n) is 11.8. The van der Waals surface area contributed by atoms with Gasteiger partial charge in [-0.2, -0.15) is 0 Å². The van der Waals surface area contributed by atoms with Crippen molar-refractivity contribution < 1.29 is 0 Å². The van der Waals surface area contributed by atoms with Crippen LogP contribution in [0.4, 0.5) is 0 Å². The number of hydrogen-bond acceptors (Lipinski definition) is 2. The van der Waals surface area contributed by atoms with Crippen molar-refractivity contribution in [2.24, 2.45) is 11.1 Å². The van der Waals surface area contributed by atoms with Crippen molar-refractivity contribution >= 4 is 17.6 Å². The van der Waals surface area contributed by atoms with Gasteiger partial charge in [0.1, 0.15) is 0 Å². The first-order valence-electron chi connectivity index (χ1n) is 6.37. The molecule has 0 aliphatic carbocycles. The van der Waals surface area contributed by atoms with Crippen LogP contribution in [0.5, 0.6) is 0 Å². The molecule has 100 valence electrons. The lowest BCUT2D eigenvalue weighted by Crippen LogP contribution is -2.30. The van der Waals surface area contributed by atoms with E-state index in [1.165, 1.54) is 16.0 Å². The van der Waals surface area contributed by atoms with Gasteiger partial charge in [-0.25, -0.2) is 0 Å². The Bertz CT molecular complexity index is 425. The second kappa shape index (κ2) is 6.28. The third kappa shape index (κ3) is 4.37. The minimum Gasteiger partial charge on any atom is -0.387 e. The Kier molecular flexibility index (Phi) is 5.27. The summed E-state index contributed by atoms with van der Waals surface area (Å²) in [5, 5.41) is 7.52. The molecule has 0 spiro atoms. The summed E-state index contributed by atoms with van der Waals surface area (Å²) in [6.45, 7) is 8.36. The minimum absolute atomic E-state index is 0.163. The van der Waals surface area contributed by atoms with Gasteiger partial charge in [-0.05, 0) is 55.7 Å². The predicted molar refractivity (Wildman–Crippen MR) is 81.6 cm³/mol. The van der Waals surface area contributed by atoms with Crippen molar-refractivity contribution in [3.8, 4) is 0 Å². The molecule has 1 rings (SSSR count). The number of rotatable bonds is 6. The first-order valence-corrected chi connectivity index (χ1v) is 7.36. The van der Waals surface area contributed by atoms with Gasteiger partial charge in [-0.1, -0.05) is 19.9 Å². The molecule has 0 aromatic heterocycles. The number of nitrogens with two attached hydrogens (primary N) is 1. The average Bonchev–Trinajstić information content (AvgIpc) is 2.29. The summed E-state index contributed by atoms with van der Waals surface area (Å²) in [7, 11) is 0. The van der Waals surface area contributed by atoms with E-state index in [2.05, 4.69) is 32.0 Å². The molecular weight excluding hydrogens is 240 g/mol. The summed E-state index contributed by atoms with van der Waals surface area (Å²) in [5.74, 6) is 1.37. The second-order valence-corrected chi connectivity index (χ2v) is 6.66. The van der Waals surface area contributed by atoms with E-state index in [9.17, 15) is 0 Å². The highest BCUT2D eigenvalue weighted by Gasteiger charge is 2.20. The van der Waals surface area contributed by atoms with Gasteiger partial charge in [0.25, 0.3) is 0 Å². The van der Waals surface area contributed by atoms with Crippen molar-refractivity contribution in [3.63, 3.8) is 0 Å². The maximum atomic E-state index is 7.52. The lowest BCUT2D eigenvalue weighted by atomic mass is 9.87. The molecule has 0 amide bonds. The molecular formula is C15H24N2S. The highest BCUT2D eigenvalue weighted by atomic mass is 32.2. The molecule has 0 fully saturated rings. The molecule has 0 unspecified atom stereocenters. The third-order valence-electron chi connectivity index (χ3n) is 3.42. The number of amidine groups is 1. The first-order chi connectivity index (χ1) is 8.33. The number of benzene rings is 1. The van der Waals surface area contributed by atoms with Crippen LogP contribution >= 0.6 is 11.8 Å². The molecule has 0 radical (unpaired) electrons. The van der Waals surface area contributed by atoms with Crippen LogP contribution in [0.2, 0.25) is 0 Å². The molecule has 1 aromatic rings. The van der Waals surface area contributed by atoms with Crippen LogP contribution in [0, 0.1) is 24.7 Å². The summed E-state index contributed by atoms with van der Waals surface area (Å²) in [6, 6.07) is 6.61. The SMILES string of the molecule is Cc1ccc(SCCCC(C)(C)C(=N)N)cc1C. The van der Waals surface area contributed by atoms with Gasteiger partial charge in [0, 0.05) is 10.3 Å². The summed E-state index contributed by atoms with van der Waals surface area (Å²) in [6.07, 6.45) is 2.06. The Morgan fingerprint density at radius 2 is 1.94 bits per heavy atom. The quantitative estimate of drug-likeness (QED) is 0.351. The van der Waals surface area contributed by atoms with E-state index in [0.29, 0.717) is 5.84 Å². The molecule has 3 heteroatoms. The maximum absolute atomic E-state index is 7.52. The van der Waals surface area contributed by atoms with Crippen LogP contribution in [-0.2, 0) is 0 Å². The largest absolute Gasteiger partial charge is 0.387 e. The monoisotopic (exact) mass is 264 g/mol. The molecule has 18 heavy (non-hydrogen) atoms. The van der Waals surface area contributed by atoms with Crippen LogP contribution in [0.3, 0.4) is 0 Å². The fourth-order valence-corrected chi connectivity index (χ4v) is 2.59. The molecule has 0 aliphatic rings. The van der Waals surface area contributed by atoms with Gasteiger partial charge in [0.05, 0.1) is 5.84 Å². The van der Waals surface area contributed by atoms with Gasteiger partial charge < -0.3 is 5.73 Å². The fraction of sp³-hybridized carbons (Fsp3) is 0.533. The molecule has 0 saturated heterocycles. The Morgan fingerprint density at radius 1 is 1.28 bits per heavy atom. The molecule has 3 N–H and O–H groups in total. The highest BCUT2D eigenvalue weighted by molar-refractivity contribution is 7.99. The molecule has 0 bridgehead atoms. The Hall–Kier alpha value is -0.960.